The molecule has 15 heavy (non-hydrogen) atoms. The number of ether oxygens (including phenoxy) is 1. The summed E-state index contributed by atoms with van der Waals surface area (Å²) >= 11 is 0. The van der Waals surface area contributed by atoms with E-state index in [1.54, 1.807) is 4.90 Å². The molecule has 2 heterocycles. The molecule has 0 bridgehead atoms. The summed E-state index contributed by atoms with van der Waals surface area (Å²) in [6, 6.07) is -0.193. The van der Waals surface area contributed by atoms with Crippen molar-refractivity contribution in [1.29, 1.82) is 0 Å². The lowest BCUT2D eigenvalue weighted by Gasteiger charge is -2.34. The van der Waals surface area contributed by atoms with Gasteiger partial charge in [-0.2, -0.15) is 0 Å². The summed E-state index contributed by atoms with van der Waals surface area (Å²) in [6.07, 6.45) is 1.09. The van der Waals surface area contributed by atoms with E-state index < -0.39 is 0 Å². The predicted molar refractivity (Wildman–Crippen MR) is 53.2 cm³/mol. The fraction of sp³-hybridized carbons (Fsp3) is 0.800. The summed E-state index contributed by atoms with van der Waals surface area (Å²) in [7, 11) is 0. The van der Waals surface area contributed by atoms with Crippen LogP contribution in [-0.4, -0.2) is 48.6 Å². The van der Waals surface area contributed by atoms with E-state index in [0.29, 0.717) is 32.6 Å². The Morgan fingerprint density at radius 2 is 2.40 bits per heavy atom. The van der Waals surface area contributed by atoms with Gasteiger partial charge in [0.25, 0.3) is 0 Å². The van der Waals surface area contributed by atoms with Gasteiger partial charge >= 0.3 is 0 Å². The SMILES string of the molecule is C[C@@H]1COCCN1C(=O)[C@H]1CCC(=O)N1. The Labute approximate surface area is 88.8 Å². The van der Waals surface area contributed by atoms with Crippen LogP contribution in [0.25, 0.3) is 0 Å². The second-order valence-corrected chi connectivity index (χ2v) is 4.11. The van der Waals surface area contributed by atoms with Crippen molar-refractivity contribution in [3.05, 3.63) is 0 Å². The molecular weight excluding hydrogens is 196 g/mol. The van der Waals surface area contributed by atoms with Crippen molar-refractivity contribution < 1.29 is 14.3 Å². The Morgan fingerprint density at radius 3 is 3.00 bits per heavy atom. The lowest BCUT2D eigenvalue weighted by atomic mass is 10.1. The average Bonchev–Trinajstić information content (AvgIpc) is 2.65. The van der Waals surface area contributed by atoms with Crippen LogP contribution in [0.4, 0.5) is 0 Å². The van der Waals surface area contributed by atoms with Crippen LogP contribution >= 0.6 is 0 Å². The Hall–Kier alpha value is -1.10. The minimum atomic E-state index is -0.307. The molecule has 0 aromatic rings. The Morgan fingerprint density at radius 1 is 1.60 bits per heavy atom. The molecule has 0 aromatic heterocycles. The average molecular weight is 212 g/mol. The maximum atomic E-state index is 12.0. The topological polar surface area (TPSA) is 58.6 Å². The lowest BCUT2D eigenvalue weighted by Crippen LogP contribution is -2.53. The molecule has 2 aliphatic heterocycles. The molecular formula is C10H16N2O3. The maximum Gasteiger partial charge on any atom is 0.245 e. The fourth-order valence-electron chi connectivity index (χ4n) is 2.05. The molecule has 2 saturated heterocycles. The Balaban J connectivity index is 1.97. The number of hydrogen-bond acceptors (Lipinski definition) is 3. The van der Waals surface area contributed by atoms with Gasteiger partial charge in [-0.1, -0.05) is 0 Å². The van der Waals surface area contributed by atoms with Gasteiger partial charge in [0.2, 0.25) is 11.8 Å². The van der Waals surface area contributed by atoms with Gasteiger partial charge in [0.1, 0.15) is 6.04 Å². The predicted octanol–water partition coefficient (Wildman–Crippen LogP) is -0.488. The molecule has 0 aromatic carbocycles. The zero-order valence-corrected chi connectivity index (χ0v) is 8.86. The summed E-state index contributed by atoms with van der Waals surface area (Å²) in [5.41, 5.74) is 0. The Kier molecular flexibility index (Phi) is 2.90. The summed E-state index contributed by atoms with van der Waals surface area (Å²) < 4.78 is 5.26. The summed E-state index contributed by atoms with van der Waals surface area (Å²) in [6.45, 7) is 3.78. The van der Waals surface area contributed by atoms with Crippen molar-refractivity contribution >= 4 is 11.8 Å². The monoisotopic (exact) mass is 212 g/mol. The van der Waals surface area contributed by atoms with Crippen LogP contribution in [0.5, 0.6) is 0 Å². The molecule has 0 radical (unpaired) electrons. The molecule has 2 fully saturated rings. The second-order valence-electron chi connectivity index (χ2n) is 4.11. The van der Waals surface area contributed by atoms with Crippen LogP contribution in [-0.2, 0) is 14.3 Å². The third kappa shape index (κ3) is 2.12. The summed E-state index contributed by atoms with van der Waals surface area (Å²) in [5.74, 6) is 0.0194. The zero-order chi connectivity index (χ0) is 10.8. The number of nitrogens with zero attached hydrogens (tertiary/aromatic N) is 1. The van der Waals surface area contributed by atoms with E-state index in [0.717, 1.165) is 0 Å². The van der Waals surface area contributed by atoms with Gasteiger partial charge in [0.15, 0.2) is 0 Å². The molecule has 1 N–H and O–H groups in total. The van der Waals surface area contributed by atoms with Gasteiger partial charge in [-0.3, -0.25) is 9.59 Å². The van der Waals surface area contributed by atoms with Crippen LogP contribution in [0.15, 0.2) is 0 Å². The molecule has 2 rings (SSSR count). The van der Waals surface area contributed by atoms with E-state index in [1.807, 2.05) is 6.92 Å². The van der Waals surface area contributed by atoms with Crippen LogP contribution in [0.1, 0.15) is 19.8 Å². The molecule has 0 unspecified atom stereocenters. The fourth-order valence-corrected chi connectivity index (χ4v) is 2.05. The standard InChI is InChI=1S/C10H16N2O3/c1-7-6-15-5-4-12(7)10(14)8-2-3-9(13)11-8/h7-8H,2-6H2,1H3,(H,11,13)/t7-,8-/m1/s1. The number of nitrogens with one attached hydrogen (secondary N) is 1. The van der Waals surface area contributed by atoms with Gasteiger partial charge < -0.3 is 15.0 Å². The van der Waals surface area contributed by atoms with E-state index in [4.69, 9.17) is 4.74 Å². The van der Waals surface area contributed by atoms with Gasteiger partial charge in [-0.05, 0) is 13.3 Å². The van der Waals surface area contributed by atoms with Crippen LogP contribution in [0.2, 0.25) is 0 Å². The van der Waals surface area contributed by atoms with Crippen molar-refractivity contribution in [2.45, 2.75) is 31.8 Å². The normalized spacial score (nSPS) is 31.5. The van der Waals surface area contributed by atoms with Crippen LogP contribution in [0.3, 0.4) is 0 Å². The number of carbonyl (C=O) groups excluding carboxylic acids is 2. The highest BCUT2D eigenvalue weighted by molar-refractivity contribution is 5.91. The quantitative estimate of drug-likeness (QED) is 0.638. The number of rotatable bonds is 1. The number of amides is 2. The number of carbonyl (C=O) groups is 2. The Bertz CT molecular complexity index is 280. The largest absolute Gasteiger partial charge is 0.377 e. The van der Waals surface area contributed by atoms with E-state index in [-0.39, 0.29) is 23.9 Å². The highest BCUT2D eigenvalue weighted by atomic mass is 16.5. The molecule has 2 atom stereocenters. The lowest BCUT2D eigenvalue weighted by molar-refractivity contribution is -0.141. The van der Waals surface area contributed by atoms with Crippen molar-refractivity contribution in [3.63, 3.8) is 0 Å². The molecule has 0 saturated carbocycles. The first-order valence-electron chi connectivity index (χ1n) is 5.36. The zero-order valence-electron chi connectivity index (χ0n) is 8.86. The third-order valence-corrected chi connectivity index (χ3v) is 2.94. The number of morpholine rings is 1. The second kappa shape index (κ2) is 4.18. The summed E-state index contributed by atoms with van der Waals surface area (Å²) in [4.78, 5) is 24.8. The van der Waals surface area contributed by atoms with Crippen molar-refractivity contribution in [3.8, 4) is 0 Å². The first kappa shape index (κ1) is 10.4. The minimum Gasteiger partial charge on any atom is -0.377 e. The summed E-state index contributed by atoms with van der Waals surface area (Å²) in [5, 5.41) is 2.70. The van der Waals surface area contributed by atoms with Crippen LogP contribution in [0, 0.1) is 0 Å². The van der Waals surface area contributed by atoms with E-state index in [2.05, 4.69) is 5.32 Å². The molecule has 5 nitrogen and oxygen atoms in total. The highest BCUT2D eigenvalue weighted by Gasteiger charge is 2.33. The molecule has 0 aliphatic carbocycles. The van der Waals surface area contributed by atoms with Crippen molar-refractivity contribution in [2.75, 3.05) is 19.8 Å². The van der Waals surface area contributed by atoms with Crippen molar-refractivity contribution in [2.24, 2.45) is 0 Å². The van der Waals surface area contributed by atoms with Gasteiger partial charge in [0.05, 0.1) is 19.3 Å². The first-order valence-corrected chi connectivity index (χ1v) is 5.36. The van der Waals surface area contributed by atoms with Crippen molar-refractivity contribution in [1.82, 2.24) is 10.2 Å². The minimum absolute atomic E-state index is 0.0192. The van der Waals surface area contributed by atoms with E-state index in [1.165, 1.54) is 0 Å². The maximum absolute atomic E-state index is 12.0. The van der Waals surface area contributed by atoms with Gasteiger partial charge in [0, 0.05) is 13.0 Å². The van der Waals surface area contributed by atoms with Crippen LogP contribution < -0.4 is 5.32 Å². The van der Waals surface area contributed by atoms with Gasteiger partial charge in [-0.25, -0.2) is 0 Å². The molecule has 84 valence electrons. The van der Waals surface area contributed by atoms with Gasteiger partial charge in [-0.15, -0.1) is 0 Å². The first-order chi connectivity index (χ1) is 7.18. The number of hydrogen-bond donors (Lipinski definition) is 1. The smallest absolute Gasteiger partial charge is 0.245 e. The molecule has 5 heteroatoms. The highest BCUT2D eigenvalue weighted by Crippen LogP contribution is 2.14. The molecule has 2 amide bonds. The molecule has 2 aliphatic rings. The van der Waals surface area contributed by atoms with E-state index >= 15 is 0 Å². The third-order valence-electron chi connectivity index (χ3n) is 2.94. The molecule has 0 spiro atoms. The van der Waals surface area contributed by atoms with E-state index in [9.17, 15) is 9.59 Å².